The molecule has 0 aliphatic rings. The number of aromatic nitrogens is 1. The molecule has 2 heterocycles. The second-order valence-electron chi connectivity index (χ2n) is 3.55. The molecule has 0 aromatic carbocycles. The molecule has 92 valence electrons. The summed E-state index contributed by atoms with van der Waals surface area (Å²) in [6, 6.07) is 2.02. The number of hydrogen-bond acceptors (Lipinski definition) is 4. The summed E-state index contributed by atoms with van der Waals surface area (Å²) in [5.41, 5.74) is 1.10. The van der Waals surface area contributed by atoms with Gasteiger partial charge in [-0.15, -0.1) is 22.7 Å². The van der Waals surface area contributed by atoms with Crippen LogP contribution in [0.3, 0.4) is 0 Å². The maximum absolute atomic E-state index is 6.02. The zero-order chi connectivity index (χ0) is 12.3. The molecule has 6 heteroatoms. The van der Waals surface area contributed by atoms with Crippen LogP contribution in [-0.2, 0) is 6.54 Å². The Hall–Kier alpha value is 0.0600. The van der Waals surface area contributed by atoms with Crippen molar-refractivity contribution in [1.82, 2.24) is 10.3 Å². The Bertz CT molecular complexity index is 476. The van der Waals surface area contributed by atoms with Crippen LogP contribution in [0.15, 0.2) is 15.9 Å². The Morgan fingerprint density at radius 2 is 2.35 bits per heavy atom. The summed E-state index contributed by atoms with van der Waals surface area (Å²) in [5.74, 6) is 0. The van der Waals surface area contributed by atoms with Gasteiger partial charge >= 0.3 is 0 Å². The molecule has 1 N–H and O–H groups in total. The van der Waals surface area contributed by atoms with Crippen LogP contribution in [0.2, 0.25) is 4.34 Å². The smallest absolute Gasteiger partial charge is 0.133 e. The van der Waals surface area contributed by atoms with Gasteiger partial charge < -0.3 is 5.32 Å². The summed E-state index contributed by atoms with van der Waals surface area (Å²) in [6.45, 7) is 4.03. The van der Waals surface area contributed by atoms with Crippen molar-refractivity contribution in [2.45, 2.75) is 19.9 Å². The SMILES string of the molecule is CCCNCc1csc(-c2cc(Br)c(Cl)s2)n1. The molecule has 0 aliphatic heterocycles. The number of nitrogens with one attached hydrogen (secondary N) is 1. The predicted molar refractivity (Wildman–Crippen MR) is 80.1 cm³/mol. The quantitative estimate of drug-likeness (QED) is 0.784. The van der Waals surface area contributed by atoms with E-state index >= 15 is 0 Å². The molecular weight excluding hydrogens is 340 g/mol. The molecule has 17 heavy (non-hydrogen) atoms. The second kappa shape index (κ2) is 6.29. The summed E-state index contributed by atoms with van der Waals surface area (Å²) in [7, 11) is 0. The minimum atomic E-state index is 0.779. The van der Waals surface area contributed by atoms with Gasteiger partial charge in [0.2, 0.25) is 0 Å². The topological polar surface area (TPSA) is 24.9 Å². The van der Waals surface area contributed by atoms with Gasteiger partial charge in [0.05, 0.1) is 10.6 Å². The maximum atomic E-state index is 6.02. The number of nitrogens with zero attached hydrogens (tertiary/aromatic N) is 1. The van der Waals surface area contributed by atoms with Gasteiger partial charge in [-0.3, -0.25) is 0 Å². The highest BCUT2D eigenvalue weighted by Crippen LogP contribution is 2.38. The van der Waals surface area contributed by atoms with Crippen molar-refractivity contribution in [1.29, 1.82) is 0 Å². The molecular formula is C11H12BrClN2S2. The van der Waals surface area contributed by atoms with E-state index in [-0.39, 0.29) is 0 Å². The zero-order valence-electron chi connectivity index (χ0n) is 9.30. The molecule has 2 aromatic heterocycles. The highest BCUT2D eigenvalue weighted by Gasteiger charge is 2.10. The minimum absolute atomic E-state index is 0.779. The summed E-state index contributed by atoms with van der Waals surface area (Å²) < 4.78 is 1.72. The lowest BCUT2D eigenvalue weighted by Gasteiger charge is -1.97. The molecule has 2 rings (SSSR count). The Morgan fingerprint density at radius 3 is 3.00 bits per heavy atom. The van der Waals surface area contributed by atoms with E-state index < -0.39 is 0 Å². The summed E-state index contributed by atoms with van der Waals surface area (Å²) in [4.78, 5) is 5.71. The highest BCUT2D eigenvalue weighted by molar-refractivity contribution is 9.10. The van der Waals surface area contributed by atoms with Crippen molar-refractivity contribution >= 4 is 50.2 Å². The van der Waals surface area contributed by atoms with Gasteiger partial charge in [-0.2, -0.15) is 0 Å². The van der Waals surface area contributed by atoms with Gasteiger partial charge in [-0.25, -0.2) is 4.98 Å². The highest BCUT2D eigenvalue weighted by atomic mass is 79.9. The van der Waals surface area contributed by atoms with Gasteiger partial charge in [-0.1, -0.05) is 18.5 Å². The van der Waals surface area contributed by atoms with Gasteiger partial charge in [0.15, 0.2) is 0 Å². The first-order chi connectivity index (χ1) is 8.20. The van der Waals surface area contributed by atoms with Crippen LogP contribution < -0.4 is 5.32 Å². The van der Waals surface area contributed by atoms with Crippen molar-refractivity contribution < 1.29 is 0 Å². The first kappa shape index (κ1) is 13.5. The fraction of sp³-hybridized carbons (Fsp3) is 0.364. The summed E-state index contributed by atoms with van der Waals surface area (Å²) >= 11 is 12.7. The van der Waals surface area contributed by atoms with Crippen LogP contribution >= 0.6 is 50.2 Å². The van der Waals surface area contributed by atoms with E-state index in [1.54, 1.807) is 22.7 Å². The van der Waals surface area contributed by atoms with Crippen molar-refractivity contribution in [3.05, 3.63) is 25.9 Å². The largest absolute Gasteiger partial charge is 0.311 e. The number of thiazole rings is 1. The Labute approximate surface area is 122 Å². The lowest BCUT2D eigenvalue weighted by atomic mass is 10.4. The minimum Gasteiger partial charge on any atom is -0.311 e. The molecule has 0 amide bonds. The molecule has 0 radical (unpaired) electrons. The van der Waals surface area contributed by atoms with Gasteiger partial charge in [0.25, 0.3) is 0 Å². The second-order valence-corrected chi connectivity index (χ2v) is 6.92. The fourth-order valence-electron chi connectivity index (χ4n) is 1.35. The van der Waals surface area contributed by atoms with Gasteiger partial charge in [0, 0.05) is 16.4 Å². The molecule has 2 nitrogen and oxygen atoms in total. The van der Waals surface area contributed by atoms with E-state index in [9.17, 15) is 0 Å². The Balaban J connectivity index is 2.07. The first-order valence-corrected chi connectivity index (χ1v) is 8.17. The average molecular weight is 352 g/mol. The Morgan fingerprint density at radius 1 is 1.53 bits per heavy atom. The van der Waals surface area contributed by atoms with Crippen LogP contribution in [0.1, 0.15) is 19.0 Å². The maximum Gasteiger partial charge on any atom is 0.133 e. The summed E-state index contributed by atoms with van der Waals surface area (Å²) in [6.07, 6.45) is 1.14. The van der Waals surface area contributed by atoms with Crippen LogP contribution in [0.4, 0.5) is 0 Å². The standard InChI is InChI=1S/C11H12BrClN2S2/c1-2-3-14-5-7-6-16-11(15-7)9-4-8(12)10(13)17-9/h4,6,14H,2-3,5H2,1H3. The molecule has 0 fully saturated rings. The zero-order valence-corrected chi connectivity index (χ0v) is 13.3. The van der Waals surface area contributed by atoms with E-state index in [0.717, 1.165) is 43.9 Å². The lowest BCUT2D eigenvalue weighted by Crippen LogP contribution is -2.13. The van der Waals surface area contributed by atoms with Crippen molar-refractivity contribution in [2.75, 3.05) is 6.54 Å². The third-order valence-corrected chi connectivity index (χ3v) is 5.68. The molecule has 0 aliphatic carbocycles. The number of hydrogen-bond donors (Lipinski definition) is 1. The molecule has 0 atom stereocenters. The molecule has 2 aromatic rings. The van der Waals surface area contributed by atoms with Crippen molar-refractivity contribution in [3.8, 4) is 9.88 Å². The van der Waals surface area contributed by atoms with Crippen LogP contribution in [0, 0.1) is 0 Å². The van der Waals surface area contributed by atoms with E-state index in [4.69, 9.17) is 11.6 Å². The van der Waals surface area contributed by atoms with Crippen LogP contribution in [0.5, 0.6) is 0 Å². The van der Waals surface area contributed by atoms with E-state index in [0.29, 0.717) is 0 Å². The number of halogens is 2. The third kappa shape index (κ3) is 3.51. The predicted octanol–water partition coefficient (Wildman–Crippen LogP) is 4.79. The fourth-order valence-corrected chi connectivity index (χ4v) is 3.93. The molecule has 0 bridgehead atoms. The first-order valence-electron chi connectivity index (χ1n) is 5.31. The molecule has 0 unspecified atom stereocenters. The van der Waals surface area contributed by atoms with E-state index in [1.807, 2.05) is 6.07 Å². The number of rotatable bonds is 5. The van der Waals surface area contributed by atoms with Crippen molar-refractivity contribution in [2.24, 2.45) is 0 Å². The summed E-state index contributed by atoms with van der Waals surface area (Å²) in [5, 5.41) is 6.48. The van der Waals surface area contributed by atoms with E-state index in [2.05, 4.69) is 38.5 Å². The number of thiophene rings is 1. The molecule has 0 saturated carbocycles. The van der Waals surface area contributed by atoms with Crippen LogP contribution in [0.25, 0.3) is 9.88 Å². The monoisotopic (exact) mass is 350 g/mol. The normalized spacial score (nSPS) is 11.0. The molecule has 0 saturated heterocycles. The molecule has 0 spiro atoms. The Kier molecular flexibility index (Phi) is 4.99. The van der Waals surface area contributed by atoms with Gasteiger partial charge in [-0.05, 0) is 35.0 Å². The van der Waals surface area contributed by atoms with E-state index in [1.165, 1.54) is 0 Å². The van der Waals surface area contributed by atoms with Crippen molar-refractivity contribution in [3.63, 3.8) is 0 Å². The lowest BCUT2D eigenvalue weighted by molar-refractivity contribution is 0.667. The third-order valence-electron chi connectivity index (χ3n) is 2.14. The van der Waals surface area contributed by atoms with Gasteiger partial charge in [0.1, 0.15) is 9.34 Å². The average Bonchev–Trinajstić information content (AvgIpc) is 2.88. The van der Waals surface area contributed by atoms with Crippen LogP contribution in [-0.4, -0.2) is 11.5 Å².